The molecule has 1 aliphatic rings. The minimum absolute atomic E-state index is 0.0673. The summed E-state index contributed by atoms with van der Waals surface area (Å²) in [7, 11) is 0. The molecule has 1 aromatic heterocycles. The second-order valence-electron chi connectivity index (χ2n) is 6.59. The van der Waals surface area contributed by atoms with Crippen LogP contribution in [0.2, 0.25) is 0 Å². The van der Waals surface area contributed by atoms with Crippen molar-refractivity contribution in [3.05, 3.63) is 59.9 Å². The Labute approximate surface area is 160 Å². The highest BCUT2D eigenvalue weighted by Gasteiger charge is 2.32. The summed E-state index contributed by atoms with van der Waals surface area (Å²) in [4.78, 5) is 38.7. The Morgan fingerprint density at radius 3 is 2.64 bits per heavy atom. The van der Waals surface area contributed by atoms with Crippen LogP contribution < -0.4 is 10.2 Å². The standard InChI is InChI=1S/C21H18N2O5/c1-12-14-7-3-6-10-17(14)28-19(12)21(26)27-13(2)20(25)23-11-18(24)22-15-8-4-5-9-16(15)23/h3-10,13H,11H2,1-2H3,(H,22,24)/t13-/m1/s1. The number of nitrogens with one attached hydrogen (secondary N) is 1. The zero-order valence-electron chi connectivity index (χ0n) is 15.4. The number of ether oxygens (including phenoxy) is 1. The van der Waals surface area contributed by atoms with Crippen LogP contribution in [0.15, 0.2) is 52.9 Å². The minimum atomic E-state index is -1.08. The van der Waals surface area contributed by atoms with Crippen LogP contribution >= 0.6 is 0 Å². The number of fused-ring (bicyclic) bond motifs is 2. The normalized spacial score (nSPS) is 14.4. The van der Waals surface area contributed by atoms with E-state index in [1.165, 1.54) is 11.8 Å². The highest BCUT2D eigenvalue weighted by molar-refractivity contribution is 6.11. The fourth-order valence-electron chi connectivity index (χ4n) is 3.28. The number of hydrogen-bond acceptors (Lipinski definition) is 5. The zero-order chi connectivity index (χ0) is 19.8. The number of carbonyl (C=O) groups excluding carboxylic acids is 3. The summed E-state index contributed by atoms with van der Waals surface area (Å²) in [6, 6.07) is 14.2. The number of esters is 1. The SMILES string of the molecule is Cc1c(C(=O)O[C@H](C)C(=O)N2CC(=O)Nc3ccccc32)oc2ccccc12. The van der Waals surface area contributed by atoms with Crippen molar-refractivity contribution in [1.29, 1.82) is 0 Å². The van der Waals surface area contributed by atoms with E-state index in [4.69, 9.17) is 9.15 Å². The van der Waals surface area contributed by atoms with E-state index in [1.807, 2.05) is 18.2 Å². The summed E-state index contributed by atoms with van der Waals surface area (Å²) in [5.41, 5.74) is 2.34. The lowest BCUT2D eigenvalue weighted by Gasteiger charge is -2.30. The van der Waals surface area contributed by atoms with Gasteiger partial charge in [-0.15, -0.1) is 0 Å². The molecule has 0 bridgehead atoms. The molecule has 0 unspecified atom stereocenters. The van der Waals surface area contributed by atoms with Gasteiger partial charge in [-0.3, -0.25) is 14.5 Å². The second-order valence-corrected chi connectivity index (χ2v) is 6.59. The lowest BCUT2D eigenvalue weighted by Crippen LogP contribution is -2.47. The Hall–Kier alpha value is -3.61. The molecule has 0 radical (unpaired) electrons. The first-order valence-corrected chi connectivity index (χ1v) is 8.85. The van der Waals surface area contributed by atoms with Crippen molar-refractivity contribution in [2.75, 3.05) is 16.8 Å². The van der Waals surface area contributed by atoms with Crippen molar-refractivity contribution in [1.82, 2.24) is 0 Å². The molecule has 4 rings (SSSR count). The number of nitrogens with zero attached hydrogens (tertiary/aromatic N) is 1. The molecule has 28 heavy (non-hydrogen) atoms. The third-order valence-corrected chi connectivity index (χ3v) is 4.70. The van der Waals surface area contributed by atoms with Crippen molar-refractivity contribution < 1.29 is 23.5 Å². The Kier molecular flexibility index (Phi) is 4.35. The number of amides is 2. The number of aryl methyl sites for hydroxylation is 1. The fraction of sp³-hybridized carbons (Fsp3) is 0.190. The average Bonchev–Trinajstić information content (AvgIpc) is 3.03. The number of benzene rings is 2. The summed E-state index contributed by atoms with van der Waals surface area (Å²) in [5.74, 6) is -1.44. The van der Waals surface area contributed by atoms with Gasteiger partial charge in [0.25, 0.3) is 5.91 Å². The molecule has 0 aliphatic carbocycles. The highest BCUT2D eigenvalue weighted by Crippen LogP contribution is 2.30. The maximum absolute atomic E-state index is 12.9. The van der Waals surface area contributed by atoms with E-state index < -0.39 is 18.0 Å². The molecule has 7 heteroatoms. The molecular weight excluding hydrogens is 360 g/mol. The van der Waals surface area contributed by atoms with Gasteiger partial charge in [-0.2, -0.15) is 0 Å². The van der Waals surface area contributed by atoms with Gasteiger partial charge in [-0.1, -0.05) is 30.3 Å². The monoisotopic (exact) mass is 378 g/mol. The molecule has 0 saturated heterocycles. The van der Waals surface area contributed by atoms with Gasteiger partial charge in [0.1, 0.15) is 12.1 Å². The van der Waals surface area contributed by atoms with Gasteiger partial charge in [0.2, 0.25) is 11.7 Å². The van der Waals surface area contributed by atoms with Gasteiger partial charge in [-0.05, 0) is 32.0 Å². The predicted molar refractivity (Wildman–Crippen MR) is 103 cm³/mol. The van der Waals surface area contributed by atoms with Gasteiger partial charge < -0.3 is 14.5 Å². The van der Waals surface area contributed by atoms with Crippen molar-refractivity contribution in [3.63, 3.8) is 0 Å². The summed E-state index contributed by atoms with van der Waals surface area (Å²) >= 11 is 0. The lowest BCUT2D eigenvalue weighted by molar-refractivity contribution is -0.128. The molecule has 3 aromatic rings. The van der Waals surface area contributed by atoms with Crippen LogP contribution in [0, 0.1) is 6.92 Å². The van der Waals surface area contributed by atoms with Gasteiger partial charge in [0, 0.05) is 10.9 Å². The topological polar surface area (TPSA) is 88.9 Å². The van der Waals surface area contributed by atoms with E-state index in [1.54, 1.807) is 37.3 Å². The number of anilines is 2. The van der Waals surface area contributed by atoms with E-state index >= 15 is 0 Å². The number of carbonyl (C=O) groups is 3. The van der Waals surface area contributed by atoms with Crippen LogP contribution in [0.4, 0.5) is 11.4 Å². The van der Waals surface area contributed by atoms with Crippen LogP contribution in [0.25, 0.3) is 11.0 Å². The number of furan rings is 1. The van der Waals surface area contributed by atoms with E-state index in [0.29, 0.717) is 22.5 Å². The minimum Gasteiger partial charge on any atom is -0.449 e. The first-order valence-electron chi connectivity index (χ1n) is 8.85. The molecule has 1 N–H and O–H groups in total. The van der Waals surface area contributed by atoms with E-state index in [2.05, 4.69) is 5.32 Å². The Balaban J connectivity index is 1.55. The Morgan fingerprint density at radius 1 is 1.14 bits per heavy atom. The highest BCUT2D eigenvalue weighted by atomic mass is 16.6. The summed E-state index contributed by atoms with van der Waals surface area (Å²) < 4.78 is 11.0. The molecule has 7 nitrogen and oxygen atoms in total. The summed E-state index contributed by atoms with van der Waals surface area (Å²) in [6.45, 7) is 3.11. The van der Waals surface area contributed by atoms with Crippen molar-refractivity contribution in [3.8, 4) is 0 Å². The average molecular weight is 378 g/mol. The smallest absolute Gasteiger partial charge is 0.375 e. The van der Waals surface area contributed by atoms with Crippen LogP contribution in [0.1, 0.15) is 23.0 Å². The molecule has 1 atom stereocenters. The third-order valence-electron chi connectivity index (χ3n) is 4.70. The zero-order valence-corrected chi connectivity index (χ0v) is 15.4. The first-order chi connectivity index (χ1) is 13.5. The molecule has 0 saturated carbocycles. The molecule has 0 spiro atoms. The van der Waals surface area contributed by atoms with E-state index in [9.17, 15) is 14.4 Å². The molecule has 2 heterocycles. The maximum Gasteiger partial charge on any atom is 0.375 e. The molecule has 1 aliphatic heterocycles. The number of rotatable bonds is 3. The molecular formula is C21H18N2O5. The predicted octanol–water partition coefficient (Wildman–Crippen LogP) is 3.27. The van der Waals surface area contributed by atoms with E-state index in [-0.39, 0.29) is 18.2 Å². The molecule has 142 valence electrons. The van der Waals surface area contributed by atoms with Crippen molar-refractivity contribution in [2.24, 2.45) is 0 Å². The quantitative estimate of drug-likeness (QED) is 0.707. The van der Waals surface area contributed by atoms with Crippen LogP contribution in [-0.2, 0) is 14.3 Å². The largest absolute Gasteiger partial charge is 0.449 e. The van der Waals surface area contributed by atoms with E-state index in [0.717, 1.165) is 5.39 Å². The maximum atomic E-state index is 12.9. The van der Waals surface area contributed by atoms with Crippen LogP contribution in [0.5, 0.6) is 0 Å². The molecule has 0 fully saturated rings. The number of para-hydroxylation sites is 3. The fourth-order valence-corrected chi connectivity index (χ4v) is 3.28. The Bertz CT molecular complexity index is 1100. The van der Waals surface area contributed by atoms with Crippen molar-refractivity contribution >= 4 is 40.1 Å². The summed E-state index contributed by atoms with van der Waals surface area (Å²) in [5, 5.41) is 3.53. The Morgan fingerprint density at radius 2 is 1.86 bits per heavy atom. The lowest BCUT2D eigenvalue weighted by atomic mass is 10.1. The van der Waals surface area contributed by atoms with Gasteiger partial charge >= 0.3 is 5.97 Å². The van der Waals surface area contributed by atoms with Crippen LogP contribution in [0.3, 0.4) is 0 Å². The third kappa shape index (κ3) is 3.00. The number of hydrogen-bond donors (Lipinski definition) is 1. The van der Waals surface area contributed by atoms with Gasteiger partial charge in [0.15, 0.2) is 6.10 Å². The molecule has 2 amide bonds. The van der Waals surface area contributed by atoms with Crippen LogP contribution in [-0.4, -0.2) is 30.4 Å². The summed E-state index contributed by atoms with van der Waals surface area (Å²) in [6.07, 6.45) is -1.08. The first kappa shape index (κ1) is 17.8. The van der Waals surface area contributed by atoms with Gasteiger partial charge in [0.05, 0.1) is 11.4 Å². The molecule has 2 aromatic carbocycles. The van der Waals surface area contributed by atoms with Crippen molar-refractivity contribution in [2.45, 2.75) is 20.0 Å². The van der Waals surface area contributed by atoms with Gasteiger partial charge in [-0.25, -0.2) is 4.79 Å². The second kappa shape index (κ2) is 6.84.